The van der Waals surface area contributed by atoms with Crippen molar-refractivity contribution in [2.45, 2.75) is 25.7 Å². The molecule has 1 aliphatic carbocycles. The molecule has 7 heteroatoms. The van der Waals surface area contributed by atoms with Crippen LogP contribution in [-0.4, -0.2) is 25.9 Å². The van der Waals surface area contributed by atoms with Crippen molar-refractivity contribution in [2.24, 2.45) is 0 Å². The zero-order valence-electron chi connectivity index (χ0n) is 13.5. The predicted molar refractivity (Wildman–Crippen MR) is 97.1 cm³/mol. The molecule has 0 saturated heterocycles. The predicted octanol–water partition coefficient (Wildman–Crippen LogP) is 3.73. The number of anilines is 2. The Bertz CT molecular complexity index is 993. The van der Waals surface area contributed by atoms with Crippen LogP contribution in [-0.2, 0) is 0 Å². The third-order valence-corrected chi connectivity index (χ3v) is 5.16. The van der Waals surface area contributed by atoms with E-state index in [1.165, 1.54) is 24.2 Å². The monoisotopic (exact) mass is 349 g/mol. The van der Waals surface area contributed by atoms with Gasteiger partial charge in [0.15, 0.2) is 23.2 Å². The Balaban J connectivity index is 1.65. The number of hydrogen-bond donors (Lipinski definition) is 2. The molecular weight excluding hydrogens is 334 g/mol. The fourth-order valence-corrected chi connectivity index (χ4v) is 3.32. The summed E-state index contributed by atoms with van der Waals surface area (Å²) in [6, 6.07) is 5.61. The minimum absolute atomic E-state index is 0.0268. The van der Waals surface area contributed by atoms with Crippen molar-refractivity contribution in [3.05, 3.63) is 40.5 Å². The van der Waals surface area contributed by atoms with Gasteiger partial charge in [-0.2, -0.15) is 5.10 Å². The highest BCUT2D eigenvalue weighted by Gasteiger charge is 2.25. The Hall–Kier alpha value is -2.98. The Labute approximate surface area is 148 Å². The third kappa shape index (κ3) is 3.16. The first-order valence-electron chi connectivity index (χ1n) is 7.91. The lowest BCUT2D eigenvalue weighted by Crippen LogP contribution is -2.00. The maximum Gasteiger partial charge on any atom is 0.171 e. The van der Waals surface area contributed by atoms with Crippen LogP contribution in [0.15, 0.2) is 24.4 Å². The van der Waals surface area contributed by atoms with Gasteiger partial charge in [-0.1, -0.05) is 5.92 Å². The van der Waals surface area contributed by atoms with Gasteiger partial charge in [-0.05, 0) is 31.9 Å². The molecule has 0 atom stereocenters. The second-order valence-corrected chi connectivity index (χ2v) is 7.01. The van der Waals surface area contributed by atoms with Crippen molar-refractivity contribution in [3.63, 3.8) is 0 Å². The van der Waals surface area contributed by atoms with E-state index in [1.807, 2.05) is 12.1 Å². The molecule has 1 aliphatic rings. The summed E-state index contributed by atoms with van der Waals surface area (Å²) in [5.74, 6) is 4.93. The smallest absolute Gasteiger partial charge is 0.171 e. The number of ketones is 1. The number of terminal acetylenes is 1. The fraction of sp³-hybridized carbons (Fsp3) is 0.222. The molecule has 3 aromatic heterocycles. The normalized spacial score (nSPS) is 13.4. The molecule has 1 saturated carbocycles. The van der Waals surface area contributed by atoms with Crippen molar-refractivity contribution in [2.75, 3.05) is 5.32 Å². The highest BCUT2D eigenvalue weighted by molar-refractivity contribution is 7.17. The topological polar surface area (TPSA) is 83.6 Å². The minimum atomic E-state index is 0.0268. The summed E-state index contributed by atoms with van der Waals surface area (Å²) in [5, 5.41) is 10.5. The standard InChI is InChI=1S/C18H15N5OS/c1-3-11-9-19-18(15-7-6-14(25-15)10(2)24)21-17(11)20-16-8-13(22-23-16)12-4-5-12/h1,6-9,12H,4-5H2,2H3,(H2,19,20,21,22,23). The van der Waals surface area contributed by atoms with Gasteiger partial charge in [0.2, 0.25) is 0 Å². The number of thiophene rings is 1. The van der Waals surface area contributed by atoms with E-state index in [2.05, 4.69) is 31.4 Å². The van der Waals surface area contributed by atoms with Crippen LogP contribution in [0.4, 0.5) is 11.6 Å². The van der Waals surface area contributed by atoms with E-state index in [0.717, 1.165) is 10.6 Å². The van der Waals surface area contributed by atoms with E-state index in [9.17, 15) is 4.79 Å². The van der Waals surface area contributed by atoms with E-state index < -0.39 is 0 Å². The van der Waals surface area contributed by atoms with Gasteiger partial charge in [0.1, 0.15) is 0 Å². The van der Waals surface area contributed by atoms with Gasteiger partial charge in [0.05, 0.1) is 15.3 Å². The van der Waals surface area contributed by atoms with Crippen molar-refractivity contribution >= 4 is 28.8 Å². The molecule has 0 spiro atoms. The zero-order valence-corrected chi connectivity index (χ0v) is 14.4. The number of nitrogens with one attached hydrogen (secondary N) is 2. The van der Waals surface area contributed by atoms with Gasteiger partial charge in [-0.25, -0.2) is 9.97 Å². The maximum atomic E-state index is 11.5. The average molecular weight is 349 g/mol. The molecule has 0 unspecified atom stereocenters. The molecule has 1 fully saturated rings. The first-order valence-corrected chi connectivity index (χ1v) is 8.73. The van der Waals surface area contributed by atoms with E-state index in [0.29, 0.717) is 33.8 Å². The lowest BCUT2D eigenvalue weighted by Gasteiger charge is -2.06. The van der Waals surface area contributed by atoms with Gasteiger partial charge in [0.25, 0.3) is 0 Å². The van der Waals surface area contributed by atoms with Crippen molar-refractivity contribution < 1.29 is 4.79 Å². The third-order valence-electron chi connectivity index (χ3n) is 3.98. The van der Waals surface area contributed by atoms with Gasteiger partial charge in [-0.3, -0.25) is 9.89 Å². The summed E-state index contributed by atoms with van der Waals surface area (Å²) in [6.45, 7) is 1.54. The fourth-order valence-electron chi connectivity index (χ4n) is 2.47. The second kappa shape index (κ2) is 6.15. The van der Waals surface area contributed by atoms with Crippen molar-refractivity contribution in [1.82, 2.24) is 20.2 Å². The van der Waals surface area contributed by atoms with E-state index in [1.54, 1.807) is 19.2 Å². The summed E-state index contributed by atoms with van der Waals surface area (Å²) < 4.78 is 0. The molecule has 0 aliphatic heterocycles. The summed E-state index contributed by atoms with van der Waals surface area (Å²) in [4.78, 5) is 21.8. The molecule has 0 aromatic carbocycles. The molecular formula is C18H15N5OS. The van der Waals surface area contributed by atoms with E-state index >= 15 is 0 Å². The summed E-state index contributed by atoms with van der Waals surface area (Å²) in [7, 11) is 0. The molecule has 3 aromatic rings. The summed E-state index contributed by atoms with van der Waals surface area (Å²) in [6.07, 6.45) is 9.56. The summed E-state index contributed by atoms with van der Waals surface area (Å²) in [5.41, 5.74) is 1.69. The largest absolute Gasteiger partial charge is 0.322 e. The molecule has 0 bridgehead atoms. The molecule has 3 heterocycles. The average Bonchev–Trinajstić information content (AvgIpc) is 3.15. The number of carbonyl (C=O) groups excluding carboxylic acids is 1. The number of Topliss-reactive ketones (excluding diaryl/α,β-unsaturated/α-hetero) is 1. The van der Waals surface area contributed by atoms with Crippen LogP contribution in [0.5, 0.6) is 0 Å². The van der Waals surface area contributed by atoms with Crippen LogP contribution in [0.25, 0.3) is 10.7 Å². The highest BCUT2D eigenvalue weighted by Crippen LogP contribution is 2.39. The number of hydrogen-bond acceptors (Lipinski definition) is 6. The minimum Gasteiger partial charge on any atom is -0.322 e. The lowest BCUT2D eigenvalue weighted by molar-refractivity contribution is 0.102. The molecule has 0 radical (unpaired) electrons. The van der Waals surface area contributed by atoms with Crippen molar-refractivity contribution in [3.8, 4) is 23.0 Å². The Kier molecular flexibility index (Phi) is 3.82. The first kappa shape index (κ1) is 15.5. The van der Waals surface area contributed by atoms with Crippen LogP contribution in [0.1, 0.15) is 46.6 Å². The number of aromatic nitrogens is 4. The molecule has 25 heavy (non-hydrogen) atoms. The molecule has 124 valence electrons. The Morgan fingerprint density at radius 1 is 1.44 bits per heavy atom. The number of rotatable bonds is 5. The molecule has 4 rings (SSSR count). The van der Waals surface area contributed by atoms with E-state index in [-0.39, 0.29) is 5.78 Å². The quantitative estimate of drug-likeness (QED) is 0.542. The number of H-pyrrole nitrogens is 1. The van der Waals surface area contributed by atoms with Crippen LogP contribution in [0.3, 0.4) is 0 Å². The van der Waals surface area contributed by atoms with Gasteiger partial charge >= 0.3 is 0 Å². The van der Waals surface area contributed by atoms with E-state index in [4.69, 9.17) is 6.42 Å². The van der Waals surface area contributed by atoms with Crippen LogP contribution >= 0.6 is 11.3 Å². The lowest BCUT2D eigenvalue weighted by atomic mass is 10.3. The Morgan fingerprint density at radius 3 is 2.96 bits per heavy atom. The van der Waals surface area contributed by atoms with Gasteiger partial charge in [-0.15, -0.1) is 17.8 Å². The van der Waals surface area contributed by atoms with Crippen LogP contribution in [0.2, 0.25) is 0 Å². The molecule has 2 N–H and O–H groups in total. The van der Waals surface area contributed by atoms with Gasteiger partial charge < -0.3 is 5.32 Å². The first-order chi connectivity index (χ1) is 12.1. The van der Waals surface area contributed by atoms with Crippen LogP contribution in [0, 0.1) is 12.3 Å². The Morgan fingerprint density at radius 2 is 2.28 bits per heavy atom. The SMILES string of the molecule is C#Cc1cnc(-c2ccc(C(C)=O)s2)nc1Nc1cc(C2CC2)[nH]n1. The van der Waals surface area contributed by atoms with Crippen molar-refractivity contribution in [1.29, 1.82) is 0 Å². The molecule has 0 amide bonds. The number of nitrogens with zero attached hydrogens (tertiary/aromatic N) is 3. The number of aromatic amines is 1. The van der Waals surface area contributed by atoms with Gasteiger partial charge in [0, 0.05) is 23.9 Å². The maximum absolute atomic E-state index is 11.5. The number of carbonyl (C=O) groups is 1. The zero-order chi connectivity index (χ0) is 17.4. The second-order valence-electron chi connectivity index (χ2n) is 5.93. The highest BCUT2D eigenvalue weighted by atomic mass is 32.1. The van der Waals surface area contributed by atoms with Crippen LogP contribution < -0.4 is 5.32 Å². The summed E-state index contributed by atoms with van der Waals surface area (Å²) >= 11 is 1.36. The molecule has 6 nitrogen and oxygen atoms in total.